The number of fused-ring (bicyclic) bond motifs is 1. The van der Waals surface area contributed by atoms with E-state index in [2.05, 4.69) is 27.5 Å². The van der Waals surface area contributed by atoms with E-state index in [0.29, 0.717) is 44.1 Å². The predicted molar refractivity (Wildman–Crippen MR) is 146 cm³/mol. The molecule has 9 heteroatoms. The average Bonchev–Trinajstić information content (AvgIpc) is 3.43. The second kappa shape index (κ2) is 11.4. The van der Waals surface area contributed by atoms with E-state index in [1.165, 1.54) is 0 Å². The van der Waals surface area contributed by atoms with Gasteiger partial charge in [0.25, 0.3) is 5.91 Å². The summed E-state index contributed by atoms with van der Waals surface area (Å²) >= 11 is 0. The van der Waals surface area contributed by atoms with Gasteiger partial charge in [-0.25, -0.2) is 9.97 Å². The number of hydrogen-bond donors (Lipinski definition) is 2. The van der Waals surface area contributed by atoms with Crippen LogP contribution >= 0.6 is 0 Å². The minimum Gasteiger partial charge on any atom is -0.378 e. The van der Waals surface area contributed by atoms with E-state index < -0.39 is 0 Å². The topological polar surface area (TPSA) is 101 Å². The molecule has 1 saturated heterocycles. The highest BCUT2D eigenvalue weighted by molar-refractivity contribution is 5.94. The quantitative estimate of drug-likeness (QED) is 0.369. The van der Waals surface area contributed by atoms with Crippen LogP contribution in [0.3, 0.4) is 0 Å². The third-order valence-electron chi connectivity index (χ3n) is 6.70. The van der Waals surface area contributed by atoms with Gasteiger partial charge in [-0.3, -0.25) is 9.59 Å². The highest BCUT2D eigenvalue weighted by atomic mass is 16.5. The number of nitrogens with zero attached hydrogens (tertiary/aromatic N) is 4. The molecule has 4 aromatic rings. The molecule has 1 aliphatic heterocycles. The van der Waals surface area contributed by atoms with Crippen molar-refractivity contribution >= 4 is 29.0 Å². The summed E-state index contributed by atoms with van der Waals surface area (Å²) < 4.78 is 7.29. The maximum atomic E-state index is 12.7. The fraction of sp³-hybridized carbons (Fsp3) is 0.310. The van der Waals surface area contributed by atoms with E-state index >= 15 is 0 Å². The van der Waals surface area contributed by atoms with E-state index in [9.17, 15) is 9.59 Å². The number of morpholine rings is 1. The minimum absolute atomic E-state index is 0.0190. The molecule has 3 aromatic heterocycles. The zero-order valence-electron chi connectivity index (χ0n) is 21.7. The molecule has 1 unspecified atom stereocenters. The lowest BCUT2D eigenvalue weighted by Gasteiger charge is -2.26. The number of ether oxygens (including phenoxy) is 1. The van der Waals surface area contributed by atoms with Crippen LogP contribution in [0.4, 0.5) is 11.5 Å². The van der Waals surface area contributed by atoms with Crippen molar-refractivity contribution in [3.63, 3.8) is 0 Å². The molecule has 2 N–H and O–H groups in total. The van der Waals surface area contributed by atoms with Crippen LogP contribution in [-0.4, -0.2) is 63.4 Å². The van der Waals surface area contributed by atoms with E-state index in [4.69, 9.17) is 4.74 Å². The number of hydrogen-bond acceptors (Lipinski definition) is 6. The summed E-state index contributed by atoms with van der Waals surface area (Å²) in [7, 11) is 0. The Hall–Kier alpha value is -4.24. The number of pyridine rings is 2. The molecular weight excluding hydrogens is 480 g/mol. The van der Waals surface area contributed by atoms with Crippen molar-refractivity contribution in [3.8, 4) is 11.1 Å². The summed E-state index contributed by atoms with van der Waals surface area (Å²) in [5.74, 6) is 0.592. The Balaban J connectivity index is 1.36. The molecule has 0 saturated carbocycles. The molecular formula is C29H32N6O3. The second-order valence-electron chi connectivity index (χ2n) is 9.52. The van der Waals surface area contributed by atoms with Crippen LogP contribution < -0.4 is 10.6 Å². The molecule has 0 bridgehead atoms. The molecule has 5 rings (SSSR count). The Kier molecular flexibility index (Phi) is 7.65. The Labute approximate surface area is 221 Å². The number of benzene rings is 1. The molecule has 0 aliphatic carbocycles. The molecule has 196 valence electrons. The van der Waals surface area contributed by atoms with Gasteiger partial charge >= 0.3 is 0 Å². The molecule has 0 radical (unpaired) electrons. The lowest BCUT2D eigenvalue weighted by atomic mass is 10.0. The lowest BCUT2D eigenvalue weighted by Crippen LogP contribution is -2.40. The molecule has 9 nitrogen and oxygen atoms in total. The number of rotatable bonds is 8. The first kappa shape index (κ1) is 25.4. The Morgan fingerprint density at radius 2 is 1.92 bits per heavy atom. The third-order valence-corrected chi connectivity index (χ3v) is 6.70. The van der Waals surface area contributed by atoms with E-state index in [1.807, 2.05) is 54.0 Å². The molecule has 1 fully saturated rings. The highest BCUT2D eigenvalue weighted by Crippen LogP contribution is 2.28. The zero-order valence-corrected chi connectivity index (χ0v) is 21.7. The SMILES string of the molecule is CCC(C)NC(=O)Cc1cccc(-c2cc(Nc3ccc(C(=O)N4CCOCC4)cn3)c3nccn3c2)c1. The van der Waals surface area contributed by atoms with Crippen molar-refractivity contribution in [2.75, 3.05) is 31.6 Å². The molecule has 2 amide bonds. The van der Waals surface area contributed by atoms with Gasteiger partial charge in [0, 0.05) is 49.5 Å². The van der Waals surface area contributed by atoms with Crippen LogP contribution in [0.5, 0.6) is 0 Å². The first-order chi connectivity index (χ1) is 18.5. The molecule has 38 heavy (non-hydrogen) atoms. The molecule has 1 aromatic carbocycles. The normalized spacial score (nSPS) is 14.3. The van der Waals surface area contributed by atoms with Gasteiger partial charge in [-0.2, -0.15) is 0 Å². The monoisotopic (exact) mass is 512 g/mol. The van der Waals surface area contributed by atoms with Crippen molar-refractivity contribution in [2.45, 2.75) is 32.7 Å². The van der Waals surface area contributed by atoms with Gasteiger partial charge in [-0.1, -0.05) is 31.2 Å². The first-order valence-electron chi connectivity index (χ1n) is 13.0. The number of carbonyl (C=O) groups excluding carboxylic acids is 2. The van der Waals surface area contributed by atoms with Gasteiger partial charge in [0.05, 0.1) is 30.9 Å². The minimum atomic E-state index is -0.0392. The van der Waals surface area contributed by atoms with Gasteiger partial charge in [0.15, 0.2) is 5.65 Å². The summed E-state index contributed by atoms with van der Waals surface area (Å²) in [6.45, 7) is 6.36. The van der Waals surface area contributed by atoms with E-state index in [-0.39, 0.29) is 17.9 Å². The summed E-state index contributed by atoms with van der Waals surface area (Å²) in [6, 6.07) is 13.8. The smallest absolute Gasteiger partial charge is 0.255 e. The highest BCUT2D eigenvalue weighted by Gasteiger charge is 2.19. The number of aromatic nitrogens is 3. The summed E-state index contributed by atoms with van der Waals surface area (Å²) in [4.78, 5) is 35.9. The summed E-state index contributed by atoms with van der Waals surface area (Å²) in [5.41, 5.74) is 5.01. The van der Waals surface area contributed by atoms with Gasteiger partial charge in [0.2, 0.25) is 5.91 Å². The Morgan fingerprint density at radius 1 is 1.08 bits per heavy atom. The number of imidazole rings is 1. The number of nitrogens with one attached hydrogen (secondary N) is 2. The zero-order chi connectivity index (χ0) is 26.5. The van der Waals surface area contributed by atoms with Gasteiger partial charge in [0.1, 0.15) is 5.82 Å². The fourth-order valence-corrected chi connectivity index (χ4v) is 4.44. The van der Waals surface area contributed by atoms with Crippen LogP contribution in [0.1, 0.15) is 36.2 Å². The van der Waals surface area contributed by atoms with Crippen LogP contribution in [0, 0.1) is 0 Å². The average molecular weight is 513 g/mol. The number of carbonyl (C=O) groups is 2. The van der Waals surface area contributed by atoms with E-state index in [1.54, 1.807) is 29.4 Å². The number of anilines is 2. The molecule has 4 heterocycles. The first-order valence-corrected chi connectivity index (χ1v) is 13.0. The third kappa shape index (κ3) is 5.84. The Morgan fingerprint density at radius 3 is 2.68 bits per heavy atom. The van der Waals surface area contributed by atoms with Crippen LogP contribution in [0.2, 0.25) is 0 Å². The van der Waals surface area contributed by atoms with Crippen molar-refractivity contribution in [1.82, 2.24) is 24.6 Å². The van der Waals surface area contributed by atoms with Crippen LogP contribution in [-0.2, 0) is 16.0 Å². The molecule has 1 atom stereocenters. The maximum Gasteiger partial charge on any atom is 0.255 e. The lowest BCUT2D eigenvalue weighted by molar-refractivity contribution is -0.121. The van der Waals surface area contributed by atoms with Crippen molar-refractivity contribution < 1.29 is 14.3 Å². The summed E-state index contributed by atoms with van der Waals surface area (Å²) in [6.07, 6.45) is 8.48. The van der Waals surface area contributed by atoms with Crippen LogP contribution in [0.25, 0.3) is 16.8 Å². The van der Waals surface area contributed by atoms with Gasteiger partial charge < -0.3 is 24.7 Å². The van der Waals surface area contributed by atoms with Crippen molar-refractivity contribution in [3.05, 3.63) is 78.4 Å². The largest absolute Gasteiger partial charge is 0.378 e. The number of amides is 2. The van der Waals surface area contributed by atoms with Crippen molar-refractivity contribution in [2.24, 2.45) is 0 Å². The predicted octanol–water partition coefficient (Wildman–Crippen LogP) is 4.07. The van der Waals surface area contributed by atoms with Crippen LogP contribution in [0.15, 0.2) is 67.3 Å². The van der Waals surface area contributed by atoms with Gasteiger partial charge in [-0.15, -0.1) is 0 Å². The Bertz CT molecular complexity index is 1430. The standard InChI is InChI=1S/C29H32N6O3/c1-3-20(2)32-27(36)16-21-5-4-6-22(15-21)24-17-25(28-30-9-10-35(28)19-24)33-26-8-7-23(18-31-26)29(37)34-11-13-38-14-12-34/h4-10,15,17-20H,3,11-14,16H2,1-2H3,(H,31,33)(H,32,36). The fourth-order valence-electron chi connectivity index (χ4n) is 4.44. The molecule has 0 spiro atoms. The van der Waals surface area contributed by atoms with Gasteiger partial charge in [-0.05, 0) is 42.7 Å². The van der Waals surface area contributed by atoms with Crippen molar-refractivity contribution in [1.29, 1.82) is 0 Å². The maximum absolute atomic E-state index is 12.7. The van der Waals surface area contributed by atoms with E-state index in [0.717, 1.165) is 34.4 Å². The molecule has 1 aliphatic rings. The summed E-state index contributed by atoms with van der Waals surface area (Å²) in [5, 5.41) is 6.39. The second-order valence-corrected chi connectivity index (χ2v) is 9.52.